The van der Waals surface area contributed by atoms with Crippen LogP contribution in [-0.4, -0.2) is 40.9 Å². The lowest BCUT2D eigenvalue weighted by molar-refractivity contribution is -0.393. The number of hydrogen-bond donors (Lipinski definition) is 1. The van der Waals surface area contributed by atoms with Crippen molar-refractivity contribution in [3.63, 3.8) is 0 Å². The van der Waals surface area contributed by atoms with Crippen molar-refractivity contribution in [2.24, 2.45) is 5.10 Å². The Morgan fingerprint density at radius 3 is 2.31 bits per heavy atom. The van der Waals surface area contributed by atoms with Gasteiger partial charge in [0, 0.05) is 36.6 Å². The Labute approximate surface area is 177 Å². The van der Waals surface area contributed by atoms with E-state index in [4.69, 9.17) is 23.2 Å². The Morgan fingerprint density at radius 1 is 1.07 bits per heavy atom. The summed E-state index contributed by atoms with van der Waals surface area (Å²) < 4.78 is 0. The number of hydrazone groups is 1. The summed E-state index contributed by atoms with van der Waals surface area (Å²) in [4.78, 5) is 22.6. The zero-order valence-electron chi connectivity index (χ0n) is 15.5. The van der Waals surface area contributed by atoms with Crippen molar-refractivity contribution < 1.29 is 9.85 Å². The molecule has 0 aliphatic carbocycles. The molecule has 0 atom stereocenters. The zero-order valence-corrected chi connectivity index (χ0v) is 17.1. The average molecular weight is 440 g/mol. The van der Waals surface area contributed by atoms with Gasteiger partial charge < -0.3 is 4.90 Å². The summed E-state index contributed by atoms with van der Waals surface area (Å²) >= 11 is 11.7. The summed E-state index contributed by atoms with van der Waals surface area (Å²) in [7, 11) is 0. The van der Waals surface area contributed by atoms with Gasteiger partial charge in [0.2, 0.25) is 0 Å². The molecule has 2 aromatic carbocycles. The molecule has 0 aliphatic heterocycles. The minimum Gasteiger partial charge on any atom is -0.369 e. The molecule has 0 heterocycles. The van der Waals surface area contributed by atoms with Gasteiger partial charge in [0.1, 0.15) is 5.69 Å². The summed E-state index contributed by atoms with van der Waals surface area (Å²) in [5, 5.41) is 26.0. The Hall–Kier alpha value is -2.91. The number of nitro groups is 2. The topological polar surface area (TPSA) is 114 Å². The van der Waals surface area contributed by atoms with Crippen LogP contribution in [0.2, 0.25) is 0 Å². The molecule has 29 heavy (non-hydrogen) atoms. The molecule has 2 aromatic rings. The van der Waals surface area contributed by atoms with Gasteiger partial charge in [-0.05, 0) is 36.2 Å². The minimum atomic E-state index is -0.701. The second kappa shape index (κ2) is 10.6. The zero-order chi connectivity index (χ0) is 21.4. The number of non-ortho nitro benzene ring substituents is 1. The lowest BCUT2D eigenvalue weighted by Crippen LogP contribution is -2.27. The molecule has 0 fully saturated rings. The quantitative estimate of drug-likeness (QED) is 0.251. The number of aryl methyl sites for hydroxylation is 1. The van der Waals surface area contributed by atoms with Gasteiger partial charge in [-0.2, -0.15) is 5.10 Å². The number of nitrogens with zero attached hydrogens (tertiary/aromatic N) is 4. The monoisotopic (exact) mass is 439 g/mol. The van der Waals surface area contributed by atoms with E-state index in [-0.39, 0.29) is 11.4 Å². The molecule has 0 saturated heterocycles. The summed E-state index contributed by atoms with van der Waals surface area (Å²) in [6.45, 7) is 3.26. The fourth-order valence-electron chi connectivity index (χ4n) is 2.63. The lowest BCUT2D eigenvalue weighted by atomic mass is 10.1. The van der Waals surface area contributed by atoms with Gasteiger partial charge >= 0.3 is 5.69 Å². The molecule has 0 aliphatic rings. The molecular weight excluding hydrogens is 421 g/mol. The van der Waals surface area contributed by atoms with Crippen LogP contribution in [0.1, 0.15) is 11.1 Å². The van der Waals surface area contributed by atoms with Crippen LogP contribution < -0.4 is 10.3 Å². The van der Waals surface area contributed by atoms with Gasteiger partial charge in [-0.25, -0.2) is 0 Å². The van der Waals surface area contributed by atoms with E-state index < -0.39 is 15.5 Å². The Morgan fingerprint density at radius 2 is 1.76 bits per heavy atom. The van der Waals surface area contributed by atoms with Crippen LogP contribution in [0.3, 0.4) is 0 Å². The van der Waals surface area contributed by atoms with E-state index in [9.17, 15) is 20.2 Å². The highest BCUT2D eigenvalue weighted by Crippen LogP contribution is 2.29. The van der Waals surface area contributed by atoms with Crippen molar-refractivity contribution in [2.75, 3.05) is 35.2 Å². The molecule has 154 valence electrons. The van der Waals surface area contributed by atoms with Gasteiger partial charge in [-0.15, -0.1) is 23.2 Å². The summed E-state index contributed by atoms with van der Waals surface area (Å²) in [5.41, 5.74) is 4.58. The first kappa shape index (κ1) is 22.4. The van der Waals surface area contributed by atoms with Crippen molar-refractivity contribution in [3.05, 3.63) is 67.8 Å². The SMILES string of the molecule is Cc1cc(N(CCCl)CCCl)ccc1/C=N/Nc1ccc([N+](=O)[O-])cc1[N+](=O)[O-]. The first-order valence-corrected chi connectivity index (χ1v) is 9.63. The molecule has 2 rings (SSSR count). The van der Waals surface area contributed by atoms with Gasteiger partial charge in [0.15, 0.2) is 0 Å². The van der Waals surface area contributed by atoms with Crippen molar-refractivity contribution in [2.45, 2.75) is 6.92 Å². The van der Waals surface area contributed by atoms with Crippen LogP contribution in [0.25, 0.3) is 0 Å². The first-order chi connectivity index (χ1) is 13.9. The van der Waals surface area contributed by atoms with E-state index in [1.807, 2.05) is 25.1 Å². The molecule has 0 bridgehead atoms. The summed E-state index contributed by atoms with van der Waals surface area (Å²) in [6.07, 6.45) is 1.53. The standard InChI is InChI=1S/C18H19Cl2N5O4/c1-13-10-15(23(8-6-19)9-7-20)3-2-14(13)12-21-22-17-5-4-16(24(26)27)11-18(17)25(28)29/h2-5,10-12,22H,6-9H2,1H3/b21-12+. The molecule has 0 radical (unpaired) electrons. The van der Waals surface area contributed by atoms with Crippen molar-refractivity contribution in [1.82, 2.24) is 0 Å². The molecule has 1 N–H and O–H groups in total. The second-order valence-electron chi connectivity index (χ2n) is 5.99. The highest BCUT2D eigenvalue weighted by Gasteiger charge is 2.19. The predicted molar refractivity (Wildman–Crippen MR) is 116 cm³/mol. The maximum atomic E-state index is 11.2. The third-order valence-electron chi connectivity index (χ3n) is 4.10. The second-order valence-corrected chi connectivity index (χ2v) is 6.75. The van der Waals surface area contributed by atoms with E-state index >= 15 is 0 Å². The molecular formula is C18H19Cl2N5O4. The minimum absolute atomic E-state index is 0.0570. The van der Waals surface area contributed by atoms with Crippen LogP contribution >= 0.6 is 23.2 Å². The smallest absolute Gasteiger partial charge is 0.301 e. The van der Waals surface area contributed by atoms with Gasteiger partial charge in [0.25, 0.3) is 5.69 Å². The summed E-state index contributed by atoms with van der Waals surface area (Å²) in [6, 6.07) is 9.08. The number of anilines is 2. The predicted octanol–water partition coefficient (Wildman–Crippen LogP) is 4.54. The molecule has 0 aromatic heterocycles. The number of rotatable bonds is 10. The Bertz CT molecular complexity index is 917. The van der Waals surface area contributed by atoms with Crippen LogP contribution in [-0.2, 0) is 0 Å². The van der Waals surface area contributed by atoms with Crippen LogP contribution in [0, 0.1) is 27.2 Å². The molecule has 0 saturated carbocycles. The maximum Gasteiger partial charge on any atom is 0.301 e. The van der Waals surface area contributed by atoms with Crippen LogP contribution in [0.15, 0.2) is 41.5 Å². The van der Waals surface area contributed by atoms with Crippen molar-refractivity contribution in [1.29, 1.82) is 0 Å². The van der Waals surface area contributed by atoms with Crippen LogP contribution in [0.4, 0.5) is 22.7 Å². The van der Waals surface area contributed by atoms with Gasteiger partial charge in [-0.1, -0.05) is 6.07 Å². The van der Waals surface area contributed by atoms with Crippen molar-refractivity contribution >= 4 is 52.2 Å². The fraction of sp³-hybridized carbons (Fsp3) is 0.278. The fourth-order valence-corrected chi connectivity index (χ4v) is 3.03. The highest BCUT2D eigenvalue weighted by molar-refractivity contribution is 6.18. The number of halogens is 2. The van der Waals surface area contributed by atoms with E-state index in [2.05, 4.69) is 15.4 Å². The molecule has 0 unspecified atom stereocenters. The Kier molecular flexibility index (Phi) is 8.17. The third-order valence-corrected chi connectivity index (χ3v) is 4.44. The first-order valence-electron chi connectivity index (χ1n) is 8.56. The number of alkyl halides is 2. The van der Waals surface area contributed by atoms with E-state index in [1.165, 1.54) is 18.3 Å². The lowest BCUT2D eigenvalue weighted by Gasteiger charge is -2.23. The highest BCUT2D eigenvalue weighted by atomic mass is 35.5. The number of hydrogen-bond acceptors (Lipinski definition) is 7. The number of nitro benzene ring substituents is 2. The molecule has 11 heteroatoms. The van der Waals surface area contributed by atoms with Crippen LogP contribution in [0.5, 0.6) is 0 Å². The largest absolute Gasteiger partial charge is 0.369 e. The molecule has 0 amide bonds. The van der Waals surface area contributed by atoms with Gasteiger partial charge in [0.05, 0.1) is 22.1 Å². The van der Waals surface area contributed by atoms with E-state index in [1.54, 1.807) is 0 Å². The number of benzene rings is 2. The third kappa shape index (κ3) is 6.03. The van der Waals surface area contributed by atoms with E-state index in [0.29, 0.717) is 24.8 Å². The summed E-state index contributed by atoms with van der Waals surface area (Å²) in [5.74, 6) is 0.966. The number of nitrogens with one attached hydrogen (secondary N) is 1. The maximum absolute atomic E-state index is 11.2. The molecule has 0 spiro atoms. The van der Waals surface area contributed by atoms with Crippen molar-refractivity contribution in [3.8, 4) is 0 Å². The molecule has 9 nitrogen and oxygen atoms in total. The normalized spacial score (nSPS) is 10.9. The average Bonchev–Trinajstić information content (AvgIpc) is 2.68. The van der Waals surface area contributed by atoms with Gasteiger partial charge in [-0.3, -0.25) is 25.7 Å². The van der Waals surface area contributed by atoms with E-state index in [0.717, 1.165) is 22.9 Å². The Balaban J connectivity index is 2.18.